The van der Waals surface area contributed by atoms with Crippen LogP contribution in [0.1, 0.15) is 65.2 Å². The molecule has 0 aliphatic heterocycles. The molecule has 2 saturated carbocycles. The molecule has 0 amide bonds. The Hall–Kier alpha value is -0.0800. The fourth-order valence-electron chi connectivity index (χ4n) is 3.33. The molecule has 0 spiro atoms. The van der Waals surface area contributed by atoms with Gasteiger partial charge in [0.1, 0.15) is 0 Å². The van der Waals surface area contributed by atoms with Crippen LogP contribution in [0.3, 0.4) is 0 Å². The van der Waals surface area contributed by atoms with E-state index in [4.69, 9.17) is 10.5 Å². The Labute approximate surface area is 106 Å². The third-order valence-electron chi connectivity index (χ3n) is 5.01. The molecule has 2 nitrogen and oxygen atoms in total. The van der Waals surface area contributed by atoms with Gasteiger partial charge in [0, 0.05) is 5.54 Å². The van der Waals surface area contributed by atoms with Crippen LogP contribution in [0.5, 0.6) is 0 Å². The highest BCUT2D eigenvalue weighted by Gasteiger charge is 2.31. The quantitative estimate of drug-likeness (QED) is 0.818. The molecule has 0 radical (unpaired) electrons. The zero-order valence-corrected chi connectivity index (χ0v) is 11.6. The summed E-state index contributed by atoms with van der Waals surface area (Å²) in [6.07, 6.45) is 10.5. The lowest BCUT2D eigenvalue weighted by Gasteiger charge is -2.37. The molecule has 0 aromatic carbocycles. The minimum absolute atomic E-state index is 0.00937. The van der Waals surface area contributed by atoms with Gasteiger partial charge < -0.3 is 10.5 Å². The van der Waals surface area contributed by atoms with Crippen molar-refractivity contribution in [3.8, 4) is 0 Å². The van der Waals surface area contributed by atoms with Crippen LogP contribution in [-0.2, 0) is 4.74 Å². The molecule has 2 aliphatic rings. The summed E-state index contributed by atoms with van der Waals surface area (Å²) in [5, 5.41) is 0. The van der Waals surface area contributed by atoms with Gasteiger partial charge in [-0.1, -0.05) is 33.1 Å². The zero-order chi connectivity index (χ0) is 12.3. The maximum absolute atomic E-state index is 6.41. The average molecular weight is 239 g/mol. The highest BCUT2D eigenvalue weighted by atomic mass is 16.5. The van der Waals surface area contributed by atoms with Gasteiger partial charge in [0.25, 0.3) is 0 Å². The van der Waals surface area contributed by atoms with Gasteiger partial charge in [-0.15, -0.1) is 0 Å². The summed E-state index contributed by atoms with van der Waals surface area (Å²) in [5.74, 6) is 1.69. The molecule has 17 heavy (non-hydrogen) atoms. The largest absolute Gasteiger partial charge is 0.376 e. The third-order valence-corrected chi connectivity index (χ3v) is 5.01. The molecular formula is C15H29NO. The number of hydrogen-bond acceptors (Lipinski definition) is 2. The van der Waals surface area contributed by atoms with E-state index in [0.717, 1.165) is 31.3 Å². The standard InChI is InChI=1S/C15H29NO/c1-12-6-7-14(10-13(12)2)17-11-15(16)8-4-3-5-9-15/h12-14H,3-11,16H2,1-2H3. The summed E-state index contributed by atoms with van der Waals surface area (Å²) in [7, 11) is 0. The first-order valence-electron chi connectivity index (χ1n) is 7.49. The van der Waals surface area contributed by atoms with Crippen LogP contribution in [0.25, 0.3) is 0 Å². The van der Waals surface area contributed by atoms with E-state index >= 15 is 0 Å². The van der Waals surface area contributed by atoms with E-state index in [1.165, 1.54) is 38.5 Å². The van der Waals surface area contributed by atoms with Gasteiger partial charge in [0.05, 0.1) is 12.7 Å². The predicted molar refractivity (Wildman–Crippen MR) is 71.9 cm³/mol. The Morgan fingerprint density at radius 1 is 1.06 bits per heavy atom. The number of ether oxygens (including phenoxy) is 1. The lowest BCUT2D eigenvalue weighted by Crippen LogP contribution is -2.47. The number of nitrogens with two attached hydrogens (primary N) is 1. The third kappa shape index (κ3) is 3.69. The van der Waals surface area contributed by atoms with Crippen LogP contribution in [0.4, 0.5) is 0 Å². The molecular weight excluding hydrogens is 210 g/mol. The first kappa shape index (κ1) is 13.4. The predicted octanol–water partition coefficient (Wildman–Crippen LogP) is 3.49. The molecule has 3 atom stereocenters. The SMILES string of the molecule is CC1CCC(OCC2(N)CCCCC2)CC1C. The van der Waals surface area contributed by atoms with E-state index < -0.39 is 0 Å². The molecule has 2 fully saturated rings. The van der Waals surface area contributed by atoms with Crippen LogP contribution in [-0.4, -0.2) is 18.2 Å². The summed E-state index contributed by atoms with van der Waals surface area (Å²) in [6.45, 7) is 5.52. The molecule has 2 aliphatic carbocycles. The second-order valence-electron chi connectivity index (χ2n) is 6.62. The summed E-state index contributed by atoms with van der Waals surface area (Å²) in [4.78, 5) is 0. The highest BCUT2D eigenvalue weighted by molar-refractivity contribution is 4.88. The smallest absolute Gasteiger partial charge is 0.0649 e. The van der Waals surface area contributed by atoms with Gasteiger partial charge in [0.2, 0.25) is 0 Å². The lowest BCUT2D eigenvalue weighted by atomic mass is 9.80. The molecule has 2 rings (SSSR count). The van der Waals surface area contributed by atoms with Crippen LogP contribution >= 0.6 is 0 Å². The van der Waals surface area contributed by atoms with Crippen molar-refractivity contribution in [1.29, 1.82) is 0 Å². The van der Waals surface area contributed by atoms with E-state index in [0.29, 0.717) is 6.10 Å². The number of hydrogen-bond donors (Lipinski definition) is 1. The Kier molecular flexibility index (Phi) is 4.48. The van der Waals surface area contributed by atoms with Crippen molar-refractivity contribution in [3.05, 3.63) is 0 Å². The maximum atomic E-state index is 6.41. The lowest BCUT2D eigenvalue weighted by molar-refractivity contribution is -0.0268. The maximum Gasteiger partial charge on any atom is 0.0649 e. The second-order valence-corrected chi connectivity index (χ2v) is 6.62. The summed E-state index contributed by atoms with van der Waals surface area (Å²) in [5.41, 5.74) is 6.40. The van der Waals surface area contributed by atoms with Crippen molar-refractivity contribution >= 4 is 0 Å². The molecule has 0 saturated heterocycles. The van der Waals surface area contributed by atoms with Gasteiger partial charge >= 0.3 is 0 Å². The molecule has 0 bridgehead atoms. The normalized spacial score (nSPS) is 37.9. The van der Waals surface area contributed by atoms with Gasteiger partial charge in [0.15, 0.2) is 0 Å². The molecule has 0 aromatic heterocycles. The first-order chi connectivity index (χ1) is 8.09. The van der Waals surface area contributed by atoms with E-state index in [9.17, 15) is 0 Å². The van der Waals surface area contributed by atoms with Crippen LogP contribution in [0.2, 0.25) is 0 Å². The summed E-state index contributed by atoms with van der Waals surface area (Å²) in [6, 6.07) is 0. The van der Waals surface area contributed by atoms with Crippen molar-refractivity contribution in [2.45, 2.75) is 76.9 Å². The van der Waals surface area contributed by atoms with Crippen molar-refractivity contribution in [2.24, 2.45) is 17.6 Å². The monoisotopic (exact) mass is 239 g/mol. The van der Waals surface area contributed by atoms with Crippen molar-refractivity contribution < 1.29 is 4.74 Å². The Balaban J connectivity index is 1.74. The van der Waals surface area contributed by atoms with E-state index in [1.54, 1.807) is 0 Å². The minimum atomic E-state index is -0.00937. The van der Waals surface area contributed by atoms with Gasteiger partial charge in [-0.3, -0.25) is 0 Å². The second kappa shape index (κ2) is 5.71. The van der Waals surface area contributed by atoms with E-state index in [1.807, 2.05) is 0 Å². The van der Waals surface area contributed by atoms with Gasteiger partial charge in [-0.05, 0) is 43.9 Å². The Morgan fingerprint density at radius 2 is 1.76 bits per heavy atom. The molecule has 0 aromatic rings. The molecule has 3 unspecified atom stereocenters. The minimum Gasteiger partial charge on any atom is -0.376 e. The fraction of sp³-hybridized carbons (Fsp3) is 1.00. The summed E-state index contributed by atoms with van der Waals surface area (Å²) < 4.78 is 6.12. The zero-order valence-electron chi connectivity index (χ0n) is 11.6. The van der Waals surface area contributed by atoms with Crippen LogP contribution in [0, 0.1) is 11.8 Å². The summed E-state index contributed by atoms with van der Waals surface area (Å²) >= 11 is 0. The van der Waals surface area contributed by atoms with Gasteiger partial charge in [-0.2, -0.15) is 0 Å². The van der Waals surface area contributed by atoms with Crippen molar-refractivity contribution in [2.75, 3.05) is 6.61 Å². The van der Waals surface area contributed by atoms with E-state index in [2.05, 4.69) is 13.8 Å². The molecule has 0 heterocycles. The fourth-order valence-corrected chi connectivity index (χ4v) is 3.33. The topological polar surface area (TPSA) is 35.2 Å². The van der Waals surface area contributed by atoms with Crippen LogP contribution in [0.15, 0.2) is 0 Å². The van der Waals surface area contributed by atoms with Crippen LogP contribution < -0.4 is 5.73 Å². The van der Waals surface area contributed by atoms with E-state index in [-0.39, 0.29) is 5.54 Å². The Morgan fingerprint density at radius 3 is 2.41 bits per heavy atom. The average Bonchev–Trinajstić information content (AvgIpc) is 2.32. The molecule has 100 valence electrons. The molecule has 2 N–H and O–H groups in total. The molecule has 2 heteroatoms. The van der Waals surface area contributed by atoms with Crippen molar-refractivity contribution in [1.82, 2.24) is 0 Å². The van der Waals surface area contributed by atoms with Crippen molar-refractivity contribution in [3.63, 3.8) is 0 Å². The number of rotatable bonds is 3. The first-order valence-corrected chi connectivity index (χ1v) is 7.49. The van der Waals surface area contributed by atoms with Gasteiger partial charge in [-0.25, -0.2) is 0 Å². The Bertz CT molecular complexity index is 235. The highest BCUT2D eigenvalue weighted by Crippen LogP contribution is 2.32.